The number of anilines is 1. The molecule has 5 nitrogen and oxygen atoms in total. The Morgan fingerprint density at radius 1 is 0.957 bits per heavy atom. The number of rotatable bonds is 6. The quantitative estimate of drug-likeness (QED) is 0.832. The molecule has 23 heavy (non-hydrogen) atoms. The molecule has 5 heteroatoms. The van der Waals surface area contributed by atoms with Gasteiger partial charge in [0.25, 0.3) is 0 Å². The van der Waals surface area contributed by atoms with Crippen LogP contribution in [0.15, 0.2) is 54.6 Å². The number of carbonyl (C=O) groups excluding carboxylic acids is 3. The van der Waals surface area contributed by atoms with Gasteiger partial charge < -0.3 is 10.1 Å². The maximum Gasteiger partial charge on any atom is 0.340 e. The van der Waals surface area contributed by atoms with E-state index < -0.39 is 5.97 Å². The monoisotopic (exact) mass is 311 g/mol. The molecule has 118 valence electrons. The Bertz CT molecular complexity index is 710. The van der Waals surface area contributed by atoms with Crippen molar-refractivity contribution in [1.82, 2.24) is 0 Å². The Morgan fingerprint density at radius 3 is 2.30 bits per heavy atom. The summed E-state index contributed by atoms with van der Waals surface area (Å²) in [5, 5.41) is 2.70. The van der Waals surface area contributed by atoms with E-state index in [4.69, 9.17) is 4.74 Å². The minimum absolute atomic E-state index is 0.206. The number of amides is 1. The fraction of sp³-hybridized carbons (Fsp3) is 0.167. The fourth-order valence-corrected chi connectivity index (χ4v) is 1.99. The molecule has 0 atom stereocenters. The number of nitrogens with one attached hydrogen (secondary N) is 1. The zero-order chi connectivity index (χ0) is 16.7. The van der Waals surface area contributed by atoms with Gasteiger partial charge in [-0.05, 0) is 24.6 Å². The van der Waals surface area contributed by atoms with Gasteiger partial charge in [0.2, 0.25) is 5.91 Å². The largest absolute Gasteiger partial charge is 0.454 e. The molecule has 0 aromatic heterocycles. The van der Waals surface area contributed by atoms with Crippen molar-refractivity contribution in [2.24, 2.45) is 0 Å². The first-order valence-corrected chi connectivity index (χ1v) is 7.15. The average Bonchev–Trinajstić information content (AvgIpc) is 2.54. The summed E-state index contributed by atoms with van der Waals surface area (Å²) >= 11 is 0. The molecule has 0 spiro atoms. The maximum absolute atomic E-state index is 12.1. The van der Waals surface area contributed by atoms with Crippen LogP contribution in [0.3, 0.4) is 0 Å². The van der Waals surface area contributed by atoms with E-state index in [1.165, 1.54) is 6.92 Å². The van der Waals surface area contributed by atoms with Crippen LogP contribution in [0.1, 0.15) is 22.8 Å². The SMILES string of the molecule is CC(=O)COC(=O)c1ccccc1NC(=O)Cc1ccccc1. The Balaban J connectivity index is 2.06. The minimum atomic E-state index is -0.643. The number of ether oxygens (including phenoxy) is 1. The lowest BCUT2D eigenvalue weighted by molar-refractivity contribution is -0.120. The van der Waals surface area contributed by atoms with Crippen LogP contribution in [0.5, 0.6) is 0 Å². The van der Waals surface area contributed by atoms with Crippen molar-refractivity contribution >= 4 is 23.3 Å². The van der Waals surface area contributed by atoms with Crippen molar-refractivity contribution in [2.45, 2.75) is 13.3 Å². The second-order valence-electron chi connectivity index (χ2n) is 5.03. The van der Waals surface area contributed by atoms with E-state index in [9.17, 15) is 14.4 Å². The number of hydrogen-bond donors (Lipinski definition) is 1. The van der Waals surface area contributed by atoms with Crippen LogP contribution in [-0.4, -0.2) is 24.3 Å². The molecule has 0 saturated heterocycles. The topological polar surface area (TPSA) is 72.5 Å². The first-order valence-electron chi connectivity index (χ1n) is 7.15. The third-order valence-electron chi connectivity index (χ3n) is 3.04. The van der Waals surface area contributed by atoms with E-state index >= 15 is 0 Å². The van der Waals surface area contributed by atoms with Crippen molar-refractivity contribution in [3.8, 4) is 0 Å². The van der Waals surface area contributed by atoms with E-state index in [-0.39, 0.29) is 30.3 Å². The molecule has 0 bridgehead atoms. The van der Waals surface area contributed by atoms with Gasteiger partial charge in [0.15, 0.2) is 5.78 Å². The number of ketones is 1. The smallest absolute Gasteiger partial charge is 0.340 e. The summed E-state index contributed by atoms with van der Waals surface area (Å²) < 4.78 is 4.89. The Labute approximate surface area is 134 Å². The van der Waals surface area contributed by atoms with Crippen LogP contribution in [0.25, 0.3) is 0 Å². The zero-order valence-corrected chi connectivity index (χ0v) is 12.7. The lowest BCUT2D eigenvalue weighted by atomic mass is 10.1. The number of Topliss-reactive ketones (excluding diaryl/α,β-unsaturated/α-hetero) is 1. The predicted octanol–water partition coefficient (Wildman–Crippen LogP) is 2.61. The molecule has 0 aliphatic carbocycles. The summed E-state index contributed by atoms with van der Waals surface area (Å²) in [5.41, 5.74) is 1.46. The molecule has 1 N–H and O–H groups in total. The number of esters is 1. The highest BCUT2D eigenvalue weighted by Crippen LogP contribution is 2.16. The van der Waals surface area contributed by atoms with Crippen LogP contribution >= 0.6 is 0 Å². The summed E-state index contributed by atoms with van der Waals surface area (Å²) in [5.74, 6) is -1.12. The average molecular weight is 311 g/mol. The molecule has 1 amide bonds. The molecule has 2 aromatic rings. The van der Waals surface area contributed by atoms with Gasteiger partial charge in [-0.3, -0.25) is 9.59 Å². The van der Waals surface area contributed by atoms with Gasteiger partial charge >= 0.3 is 5.97 Å². The number of benzene rings is 2. The van der Waals surface area contributed by atoms with Crippen molar-refractivity contribution in [2.75, 3.05) is 11.9 Å². The normalized spacial score (nSPS) is 9.96. The molecule has 2 rings (SSSR count). The zero-order valence-electron chi connectivity index (χ0n) is 12.7. The molecule has 2 aromatic carbocycles. The summed E-state index contributed by atoms with van der Waals surface area (Å²) in [4.78, 5) is 35.0. The summed E-state index contributed by atoms with van der Waals surface area (Å²) in [6, 6.07) is 15.8. The summed E-state index contributed by atoms with van der Waals surface area (Å²) in [7, 11) is 0. The van der Waals surface area contributed by atoms with E-state index in [0.717, 1.165) is 5.56 Å². The van der Waals surface area contributed by atoms with Crippen molar-refractivity contribution in [1.29, 1.82) is 0 Å². The Kier molecular flexibility index (Phi) is 5.63. The van der Waals surface area contributed by atoms with E-state index in [1.807, 2.05) is 30.3 Å². The van der Waals surface area contributed by atoms with Gasteiger partial charge in [-0.2, -0.15) is 0 Å². The third-order valence-corrected chi connectivity index (χ3v) is 3.04. The van der Waals surface area contributed by atoms with Crippen LogP contribution < -0.4 is 5.32 Å². The number of para-hydroxylation sites is 1. The van der Waals surface area contributed by atoms with Gasteiger partial charge in [0.05, 0.1) is 17.7 Å². The Hall–Kier alpha value is -2.95. The molecular formula is C18H17NO4. The lowest BCUT2D eigenvalue weighted by Gasteiger charge is -2.10. The maximum atomic E-state index is 12.1. The second-order valence-corrected chi connectivity index (χ2v) is 5.03. The molecule has 0 fully saturated rings. The van der Waals surface area contributed by atoms with Gasteiger partial charge in [-0.15, -0.1) is 0 Å². The van der Waals surface area contributed by atoms with Gasteiger partial charge in [-0.25, -0.2) is 4.79 Å². The molecule has 0 aliphatic rings. The first-order chi connectivity index (χ1) is 11.1. The molecule has 0 unspecified atom stereocenters. The second kappa shape index (κ2) is 7.89. The first kappa shape index (κ1) is 16.4. The third kappa shape index (κ3) is 5.07. The Morgan fingerprint density at radius 2 is 1.61 bits per heavy atom. The van der Waals surface area contributed by atoms with Crippen molar-refractivity contribution < 1.29 is 19.1 Å². The predicted molar refractivity (Wildman–Crippen MR) is 86.2 cm³/mol. The fourth-order valence-electron chi connectivity index (χ4n) is 1.99. The summed E-state index contributed by atoms with van der Waals surface area (Å²) in [6.45, 7) is 1.05. The van der Waals surface area contributed by atoms with Crippen LogP contribution in [0.2, 0.25) is 0 Å². The van der Waals surface area contributed by atoms with Gasteiger partial charge in [0, 0.05) is 0 Å². The summed E-state index contributed by atoms with van der Waals surface area (Å²) in [6.07, 6.45) is 0.206. The van der Waals surface area contributed by atoms with Gasteiger partial charge in [-0.1, -0.05) is 42.5 Å². The molecule has 0 heterocycles. The van der Waals surface area contributed by atoms with E-state index in [0.29, 0.717) is 5.69 Å². The molecular weight excluding hydrogens is 294 g/mol. The van der Waals surface area contributed by atoms with Gasteiger partial charge in [0.1, 0.15) is 6.61 Å². The molecule has 0 radical (unpaired) electrons. The van der Waals surface area contributed by atoms with Crippen LogP contribution in [0.4, 0.5) is 5.69 Å². The highest BCUT2D eigenvalue weighted by Gasteiger charge is 2.15. The van der Waals surface area contributed by atoms with Crippen molar-refractivity contribution in [3.63, 3.8) is 0 Å². The highest BCUT2D eigenvalue weighted by atomic mass is 16.5. The van der Waals surface area contributed by atoms with Crippen molar-refractivity contribution in [3.05, 3.63) is 65.7 Å². The standard InChI is InChI=1S/C18H17NO4/c1-13(20)12-23-18(22)15-9-5-6-10-16(15)19-17(21)11-14-7-3-2-4-8-14/h2-10H,11-12H2,1H3,(H,19,21). The molecule has 0 saturated carbocycles. The van der Waals surface area contributed by atoms with E-state index in [1.54, 1.807) is 24.3 Å². The lowest BCUT2D eigenvalue weighted by Crippen LogP contribution is -2.18. The van der Waals surface area contributed by atoms with Crippen LogP contribution in [-0.2, 0) is 20.7 Å². The van der Waals surface area contributed by atoms with Crippen LogP contribution in [0, 0.1) is 0 Å². The number of hydrogen-bond acceptors (Lipinski definition) is 4. The minimum Gasteiger partial charge on any atom is -0.454 e. The molecule has 0 aliphatic heterocycles. The van der Waals surface area contributed by atoms with E-state index in [2.05, 4.69) is 5.32 Å². The highest BCUT2D eigenvalue weighted by molar-refractivity contribution is 6.02. The number of carbonyl (C=O) groups is 3.